The van der Waals surface area contributed by atoms with Gasteiger partial charge in [0, 0.05) is 25.7 Å². The molecular formula is C12H17N3O. The fourth-order valence-electron chi connectivity index (χ4n) is 1.74. The first-order valence-electron chi connectivity index (χ1n) is 5.44. The number of imidazole rings is 1. The van der Waals surface area contributed by atoms with E-state index in [4.69, 9.17) is 4.42 Å². The average Bonchev–Trinajstić information content (AvgIpc) is 2.88. The van der Waals surface area contributed by atoms with Crippen molar-refractivity contribution in [3.05, 3.63) is 29.9 Å². The summed E-state index contributed by atoms with van der Waals surface area (Å²) >= 11 is 0. The van der Waals surface area contributed by atoms with Crippen molar-refractivity contribution >= 4 is 0 Å². The summed E-state index contributed by atoms with van der Waals surface area (Å²) in [6, 6.07) is 3.83. The molecule has 0 aliphatic rings. The van der Waals surface area contributed by atoms with Crippen LogP contribution in [0.4, 0.5) is 0 Å². The zero-order valence-corrected chi connectivity index (χ0v) is 9.95. The van der Waals surface area contributed by atoms with Gasteiger partial charge in [0.2, 0.25) is 0 Å². The number of aromatic nitrogens is 2. The van der Waals surface area contributed by atoms with Crippen LogP contribution in [0, 0.1) is 6.92 Å². The van der Waals surface area contributed by atoms with E-state index in [9.17, 15) is 0 Å². The number of nitrogens with zero attached hydrogens (tertiary/aromatic N) is 2. The zero-order valence-electron chi connectivity index (χ0n) is 9.95. The number of nitrogens with one attached hydrogen (secondary N) is 1. The Bertz CT molecular complexity index is 457. The van der Waals surface area contributed by atoms with Gasteiger partial charge in [0.25, 0.3) is 0 Å². The number of hydrogen-bond donors (Lipinski definition) is 1. The van der Waals surface area contributed by atoms with Gasteiger partial charge in [0.05, 0.1) is 6.26 Å². The second-order valence-corrected chi connectivity index (χ2v) is 3.85. The van der Waals surface area contributed by atoms with Gasteiger partial charge >= 0.3 is 0 Å². The van der Waals surface area contributed by atoms with Crippen LogP contribution in [0.1, 0.15) is 11.5 Å². The third kappa shape index (κ3) is 1.88. The molecule has 0 unspecified atom stereocenters. The maximum Gasteiger partial charge on any atom is 0.154 e. The van der Waals surface area contributed by atoms with Crippen molar-refractivity contribution in [1.82, 2.24) is 14.9 Å². The van der Waals surface area contributed by atoms with Crippen LogP contribution < -0.4 is 5.32 Å². The van der Waals surface area contributed by atoms with E-state index in [0.717, 1.165) is 35.9 Å². The standard InChI is InChI=1S/C12H17N3O/c1-9-12(10-5-4-8-16-10)14-11(15(9)3)6-7-13-2/h4-5,8,13H,6-7H2,1-3H3. The summed E-state index contributed by atoms with van der Waals surface area (Å²) in [4.78, 5) is 4.62. The van der Waals surface area contributed by atoms with Crippen LogP contribution in [0.15, 0.2) is 22.8 Å². The van der Waals surface area contributed by atoms with Crippen molar-refractivity contribution < 1.29 is 4.42 Å². The normalized spacial score (nSPS) is 10.9. The summed E-state index contributed by atoms with van der Waals surface area (Å²) < 4.78 is 7.50. The summed E-state index contributed by atoms with van der Waals surface area (Å²) in [5, 5.41) is 3.13. The molecule has 0 radical (unpaired) electrons. The molecule has 4 heteroatoms. The minimum absolute atomic E-state index is 0.837. The molecule has 0 saturated carbocycles. The Labute approximate surface area is 95.3 Å². The highest BCUT2D eigenvalue weighted by molar-refractivity contribution is 5.55. The van der Waals surface area contributed by atoms with Crippen molar-refractivity contribution in [2.45, 2.75) is 13.3 Å². The molecule has 2 rings (SSSR count). The lowest BCUT2D eigenvalue weighted by Gasteiger charge is -2.01. The average molecular weight is 219 g/mol. The second-order valence-electron chi connectivity index (χ2n) is 3.85. The molecule has 86 valence electrons. The van der Waals surface area contributed by atoms with Crippen molar-refractivity contribution in [1.29, 1.82) is 0 Å². The van der Waals surface area contributed by atoms with Gasteiger partial charge in [-0.1, -0.05) is 0 Å². The van der Waals surface area contributed by atoms with Crippen molar-refractivity contribution in [3.63, 3.8) is 0 Å². The Balaban J connectivity index is 2.34. The SMILES string of the molecule is CNCCc1nc(-c2ccco2)c(C)n1C. The molecule has 0 fully saturated rings. The first-order chi connectivity index (χ1) is 7.74. The summed E-state index contributed by atoms with van der Waals surface area (Å²) in [5.74, 6) is 1.92. The highest BCUT2D eigenvalue weighted by atomic mass is 16.3. The molecule has 0 aliphatic heterocycles. The van der Waals surface area contributed by atoms with Gasteiger partial charge in [0.1, 0.15) is 11.5 Å². The van der Waals surface area contributed by atoms with Crippen LogP contribution in [0.25, 0.3) is 11.5 Å². The van der Waals surface area contributed by atoms with Crippen LogP contribution in [0.5, 0.6) is 0 Å². The molecular weight excluding hydrogens is 202 g/mol. The van der Waals surface area contributed by atoms with Crippen molar-refractivity contribution in [2.75, 3.05) is 13.6 Å². The van der Waals surface area contributed by atoms with Gasteiger partial charge < -0.3 is 14.3 Å². The van der Waals surface area contributed by atoms with Crippen molar-refractivity contribution in [3.8, 4) is 11.5 Å². The number of furan rings is 1. The molecule has 0 spiro atoms. The van der Waals surface area contributed by atoms with Gasteiger partial charge in [-0.15, -0.1) is 0 Å². The third-order valence-electron chi connectivity index (χ3n) is 2.83. The fraction of sp³-hybridized carbons (Fsp3) is 0.417. The summed E-state index contributed by atoms with van der Waals surface area (Å²) in [6.45, 7) is 3.00. The van der Waals surface area contributed by atoms with Gasteiger partial charge in [0.15, 0.2) is 5.76 Å². The van der Waals surface area contributed by atoms with Crippen LogP contribution in [-0.2, 0) is 13.5 Å². The van der Waals surface area contributed by atoms with Gasteiger partial charge in [-0.25, -0.2) is 4.98 Å². The lowest BCUT2D eigenvalue weighted by molar-refractivity contribution is 0.579. The van der Waals surface area contributed by atoms with E-state index in [1.807, 2.05) is 26.2 Å². The highest BCUT2D eigenvalue weighted by Gasteiger charge is 2.13. The van der Waals surface area contributed by atoms with E-state index >= 15 is 0 Å². The lowest BCUT2D eigenvalue weighted by atomic mass is 10.3. The molecule has 1 N–H and O–H groups in total. The van der Waals surface area contributed by atoms with Gasteiger partial charge in [-0.2, -0.15) is 0 Å². The maximum atomic E-state index is 5.38. The Kier molecular flexibility index (Phi) is 3.10. The highest BCUT2D eigenvalue weighted by Crippen LogP contribution is 2.23. The number of hydrogen-bond acceptors (Lipinski definition) is 3. The monoisotopic (exact) mass is 219 g/mol. The molecule has 0 amide bonds. The van der Waals surface area contributed by atoms with E-state index in [1.165, 1.54) is 0 Å². The predicted molar refractivity (Wildman–Crippen MR) is 63.3 cm³/mol. The second kappa shape index (κ2) is 4.53. The van der Waals surface area contributed by atoms with Crippen molar-refractivity contribution in [2.24, 2.45) is 7.05 Å². The molecule has 4 nitrogen and oxygen atoms in total. The zero-order chi connectivity index (χ0) is 11.5. The predicted octanol–water partition coefficient (Wildman–Crippen LogP) is 1.75. The third-order valence-corrected chi connectivity index (χ3v) is 2.83. The van der Waals surface area contributed by atoms with E-state index in [0.29, 0.717) is 0 Å². The van der Waals surface area contributed by atoms with Crippen LogP contribution in [-0.4, -0.2) is 23.1 Å². The molecule has 2 heterocycles. The quantitative estimate of drug-likeness (QED) is 0.852. The summed E-state index contributed by atoms with van der Waals surface area (Å²) in [5.41, 5.74) is 2.08. The van der Waals surface area contributed by atoms with E-state index in [-0.39, 0.29) is 0 Å². The Morgan fingerprint density at radius 3 is 2.94 bits per heavy atom. The smallest absolute Gasteiger partial charge is 0.154 e. The molecule has 0 aromatic carbocycles. The van der Waals surface area contributed by atoms with Crippen LogP contribution in [0.3, 0.4) is 0 Å². The summed E-state index contributed by atoms with van der Waals surface area (Å²) in [7, 11) is 3.99. The van der Waals surface area contributed by atoms with E-state index in [1.54, 1.807) is 6.26 Å². The maximum absolute atomic E-state index is 5.38. The minimum Gasteiger partial charge on any atom is -0.463 e. The first-order valence-corrected chi connectivity index (χ1v) is 5.44. The van der Waals surface area contributed by atoms with Crippen LogP contribution >= 0.6 is 0 Å². The summed E-state index contributed by atoms with van der Waals surface area (Å²) in [6.07, 6.45) is 2.60. The largest absolute Gasteiger partial charge is 0.463 e. The van der Waals surface area contributed by atoms with Gasteiger partial charge in [-0.3, -0.25) is 0 Å². The van der Waals surface area contributed by atoms with E-state index < -0.39 is 0 Å². The number of rotatable bonds is 4. The molecule has 0 saturated heterocycles. The van der Waals surface area contributed by atoms with Crippen LogP contribution in [0.2, 0.25) is 0 Å². The first kappa shape index (κ1) is 11.0. The molecule has 2 aromatic heterocycles. The molecule has 2 aromatic rings. The Morgan fingerprint density at radius 2 is 2.31 bits per heavy atom. The molecule has 0 aliphatic carbocycles. The minimum atomic E-state index is 0.837. The molecule has 0 atom stereocenters. The van der Waals surface area contributed by atoms with E-state index in [2.05, 4.69) is 21.8 Å². The number of likely N-dealkylation sites (N-methyl/N-ethyl adjacent to an activating group) is 1. The van der Waals surface area contributed by atoms with Gasteiger partial charge in [-0.05, 0) is 26.1 Å². The lowest BCUT2D eigenvalue weighted by Crippen LogP contribution is -2.13. The fourth-order valence-corrected chi connectivity index (χ4v) is 1.74. The molecule has 0 bridgehead atoms. The Hall–Kier alpha value is -1.55. The Morgan fingerprint density at radius 1 is 1.50 bits per heavy atom. The molecule has 16 heavy (non-hydrogen) atoms. The topological polar surface area (TPSA) is 43.0 Å².